The highest BCUT2D eigenvalue weighted by Crippen LogP contribution is 2.52. The van der Waals surface area contributed by atoms with E-state index in [0.29, 0.717) is 30.3 Å². The number of rotatable bonds is 3. The fourth-order valence-corrected chi connectivity index (χ4v) is 5.77. The summed E-state index contributed by atoms with van der Waals surface area (Å²) >= 11 is 0. The molecule has 6 nitrogen and oxygen atoms in total. The topological polar surface area (TPSA) is 62.7 Å². The number of hydrogen-bond acceptors (Lipinski definition) is 4. The van der Waals surface area contributed by atoms with Crippen LogP contribution in [0, 0.1) is 0 Å². The Morgan fingerprint density at radius 1 is 1.03 bits per heavy atom. The maximum atomic E-state index is 13.3. The van der Waals surface area contributed by atoms with Crippen LogP contribution in [0.15, 0.2) is 42.7 Å². The number of carbonyl (C=O) groups excluding carboxylic acids is 2. The second kappa shape index (κ2) is 7.98. The van der Waals surface area contributed by atoms with Crippen LogP contribution < -0.4 is 4.74 Å². The molecule has 162 valence electrons. The standard InChI is InChI=1S/C25H29N3O3/c1-31-22-17-26-11-8-19(22)23(29)28-14-9-25(10-15-28)16-20(18-6-2-3-7-21(18)25)24(30)27-12-4-5-13-27/h2-3,6-8,11,17,20H,4-5,9-10,12-16H2,1H3. The van der Waals surface area contributed by atoms with Crippen molar-refractivity contribution in [2.45, 2.75) is 43.4 Å². The Balaban J connectivity index is 1.36. The van der Waals surface area contributed by atoms with Gasteiger partial charge in [0.05, 0.1) is 24.8 Å². The number of fused-ring (bicyclic) bond motifs is 2. The number of hydrogen-bond donors (Lipinski definition) is 0. The van der Waals surface area contributed by atoms with E-state index in [4.69, 9.17) is 4.74 Å². The lowest BCUT2D eigenvalue weighted by Gasteiger charge is -2.40. The zero-order valence-corrected chi connectivity index (χ0v) is 18.0. The smallest absolute Gasteiger partial charge is 0.257 e. The fraction of sp³-hybridized carbons (Fsp3) is 0.480. The van der Waals surface area contributed by atoms with Gasteiger partial charge in [-0.05, 0) is 49.3 Å². The number of amides is 2. The van der Waals surface area contributed by atoms with Gasteiger partial charge in [0.2, 0.25) is 5.91 Å². The predicted octanol–water partition coefficient (Wildman–Crippen LogP) is 3.37. The fourth-order valence-electron chi connectivity index (χ4n) is 5.77. The van der Waals surface area contributed by atoms with Crippen LogP contribution in [0.2, 0.25) is 0 Å². The van der Waals surface area contributed by atoms with Gasteiger partial charge in [0.15, 0.2) is 0 Å². The molecule has 1 aromatic carbocycles. The highest BCUT2D eigenvalue weighted by Gasteiger charge is 2.48. The van der Waals surface area contributed by atoms with Gasteiger partial charge in [-0.3, -0.25) is 14.6 Å². The molecule has 1 atom stereocenters. The molecule has 31 heavy (non-hydrogen) atoms. The van der Waals surface area contributed by atoms with E-state index in [-0.39, 0.29) is 17.2 Å². The van der Waals surface area contributed by atoms with Crippen molar-refractivity contribution in [3.05, 3.63) is 59.4 Å². The summed E-state index contributed by atoms with van der Waals surface area (Å²) in [6.07, 6.45) is 8.06. The number of aromatic nitrogens is 1. The van der Waals surface area contributed by atoms with Gasteiger partial charge in [0, 0.05) is 37.8 Å². The van der Waals surface area contributed by atoms with Crippen LogP contribution in [0.25, 0.3) is 0 Å². The molecule has 0 N–H and O–H groups in total. The Bertz CT molecular complexity index is 991. The third-order valence-corrected chi connectivity index (χ3v) is 7.46. The molecule has 6 heteroatoms. The van der Waals surface area contributed by atoms with E-state index >= 15 is 0 Å². The molecular weight excluding hydrogens is 390 g/mol. The third kappa shape index (κ3) is 3.38. The summed E-state index contributed by atoms with van der Waals surface area (Å²) in [5, 5.41) is 0. The summed E-state index contributed by atoms with van der Waals surface area (Å²) in [7, 11) is 1.56. The van der Waals surface area contributed by atoms with Crippen LogP contribution >= 0.6 is 0 Å². The van der Waals surface area contributed by atoms with E-state index in [0.717, 1.165) is 45.2 Å². The minimum absolute atomic E-state index is 0.00919. The Hall–Kier alpha value is -2.89. The van der Waals surface area contributed by atoms with Crippen molar-refractivity contribution in [3.8, 4) is 5.75 Å². The molecule has 1 aromatic heterocycles. The van der Waals surface area contributed by atoms with E-state index in [1.54, 1.807) is 25.6 Å². The number of likely N-dealkylation sites (tertiary alicyclic amines) is 2. The number of benzene rings is 1. The number of carbonyl (C=O) groups is 2. The van der Waals surface area contributed by atoms with Gasteiger partial charge in [0.1, 0.15) is 5.75 Å². The van der Waals surface area contributed by atoms with Crippen molar-refractivity contribution >= 4 is 11.8 Å². The molecule has 0 saturated carbocycles. The van der Waals surface area contributed by atoms with E-state index in [1.165, 1.54) is 11.1 Å². The molecule has 2 saturated heterocycles. The van der Waals surface area contributed by atoms with E-state index in [9.17, 15) is 9.59 Å². The van der Waals surface area contributed by atoms with Crippen molar-refractivity contribution in [3.63, 3.8) is 0 Å². The Morgan fingerprint density at radius 3 is 2.52 bits per heavy atom. The molecule has 1 aliphatic carbocycles. The van der Waals surface area contributed by atoms with Gasteiger partial charge in [-0.25, -0.2) is 0 Å². The quantitative estimate of drug-likeness (QED) is 0.765. The summed E-state index contributed by atoms with van der Waals surface area (Å²) in [6.45, 7) is 3.15. The first-order valence-electron chi connectivity index (χ1n) is 11.3. The number of pyridine rings is 1. The van der Waals surface area contributed by atoms with Crippen LogP contribution in [0.4, 0.5) is 0 Å². The monoisotopic (exact) mass is 419 g/mol. The number of methoxy groups -OCH3 is 1. The zero-order chi connectivity index (χ0) is 21.4. The van der Waals surface area contributed by atoms with E-state index in [1.807, 2.05) is 4.90 Å². The lowest BCUT2D eigenvalue weighted by molar-refractivity contribution is -0.132. The highest BCUT2D eigenvalue weighted by atomic mass is 16.5. The molecule has 5 rings (SSSR count). The summed E-state index contributed by atoms with van der Waals surface area (Å²) < 4.78 is 5.33. The molecular formula is C25H29N3O3. The summed E-state index contributed by atoms with van der Waals surface area (Å²) in [5.74, 6) is 0.749. The molecule has 3 aliphatic rings. The highest BCUT2D eigenvalue weighted by molar-refractivity contribution is 5.96. The van der Waals surface area contributed by atoms with Gasteiger partial charge in [-0.1, -0.05) is 24.3 Å². The van der Waals surface area contributed by atoms with E-state index < -0.39 is 0 Å². The van der Waals surface area contributed by atoms with E-state index in [2.05, 4.69) is 34.1 Å². The number of ether oxygens (including phenoxy) is 1. The molecule has 1 unspecified atom stereocenters. The molecule has 1 spiro atoms. The summed E-state index contributed by atoms with van der Waals surface area (Å²) in [4.78, 5) is 34.5. The largest absolute Gasteiger partial charge is 0.494 e. The summed E-state index contributed by atoms with van der Waals surface area (Å²) in [6, 6.07) is 10.2. The maximum absolute atomic E-state index is 13.3. The molecule has 3 heterocycles. The van der Waals surface area contributed by atoms with Gasteiger partial charge < -0.3 is 14.5 Å². The van der Waals surface area contributed by atoms with Crippen LogP contribution in [-0.2, 0) is 10.2 Å². The van der Waals surface area contributed by atoms with Crippen LogP contribution in [-0.4, -0.2) is 59.9 Å². The average Bonchev–Trinajstić information content (AvgIpc) is 3.47. The maximum Gasteiger partial charge on any atom is 0.257 e. The first-order valence-corrected chi connectivity index (χ1v) is 11.3. The Labute approximate surface area is 183 Å². The molecule has 0 bridgehead atoms. The summed E-state index contributed by atoms with van der Waals surface area (Å²) in [5.41, 5.74) is 3.06. The molecule has 2 amide bonds. The predicted molar refractivity (Wildman–Crippen MR) is 117 cm³/mol. The second-order valence-electron chi connectivity index (χ2n) is 9.02. The van der Waals surface area contributed by atoms with Crippen LogP contribution in [0.5, 0.6) is 5.75 Å². The minimum Gasteiger partial charge on any atom is -0.494 e. The second-order valence-corrected chi connectivity index (χ2v) is 9.02. The van der Waals surface area contributed by atoms with Gasteiger partial charge in [0.25, 0.3) is 5.91 Å². The first-order chi connectivity index (χ1) is 15.1. The first kappa shape index (κ1) is 20.0. The molecule has 2 fully saturated rings. The zero-order valence-electron chi connectivity index (χ0n) is 18.0. The third-order valence-electron chi connectivity index (χ3n) is 7.46. The van der Waals surface area contributed by atoms with Gasteiger partial charge in [-0.15, -0.1) is 0 Å². The molecule has 2 aromatic rings. The van der Waals surface area contributed by atoms with Gasteiger partial charge >= 0.3 is 0 Å². The lowest BCUT2D eigenvalue weighted by atomic mass is 9.73. The number of piperidine rings is 1. The van der Waals surface area contributed by atoms with Crippen LogP contribution in [0.1, 0.15) is 59.5 Å². The van der Waals surface area contributed by atoms with Gasteiger partial charge in [-0.2, -0.15) is 0 Å². The Morgan fingerprint density at radius 2 is 1.77 bits per heavy atom. The van der Waals surface area contributed by atoms with Crippen molar-refractivity contribution in [1.82, 2.24) is 14.8 Å². The normalized spacial score (nSPS) is 21.9. The van der Waals surface area contributed by atoms with Crippen LogP contribution in [0.3, 0.4) is 0 Å². The Kier molecular flexibility index (Phi) is 5.16. The molecule has 2 aliphatic heterocycles. The van der Waals surface area contributed by atoms with Crippen molar-refractivity contribution in [2.24, 2.45) is 0 Å². The van der Waals surface area contributed by atoms with Crippen molar-refractivity contribution in [1.29, 1.82) is 0 Å². The lowest BCUT2D eigenvalue weighted by Crippen LogP contribution is -2.44. The minimum atomic E-state index is -0.0446. The van der Waals surface area contributed by atoms with Crippen molar-refractivity contribution < 1.29 is 14.3 Å². The SMILES string of the molecule is COc1cnccc1C(=O)N1CCC2(CC1)CC(C(=O)N1CCCC1)c1ccccc12. The number of nitrogens with zero attached hydrogens (tertiary/aromatic N) is 3. The average molecular weight is 420 g/mol. The molecule has 0 radical (unpaired) electrons. The van der Waals surface area contributed by atoms with Crippen molar-refractivity contribution in [2.75, 3.05) is 33.3 Å².